The highest BCUT2D eigenvalue weighted by atomic mass is 19.1. The van der Waals surface area contributed by atoms with Crippen LogP contribution in [0.3, 0.4) is 0 Å². The third-order valence-electron chi connectivity index (χ3n) is 2.95. The van der Waals surface area contributed by atoms with E-state index in [4.69, 9.17) is 0 Å². The Morgan fingerprint density at radius 2 is 1.81 bits per heavy atom. The van der Waals surface area contributed by atoms with Crippen LogP contribution < -0.4 is 5.32 Å². The second kappa shape index (κ2) is 6.60. The lowest BCUT2D eigenvalue weighted by Gasteiger charge is -2.06. The van der Waals surface area contributed by atoms with Gasteiger partial charge in [0.05, 0.1) is 11.3 Å². The number of nitro benzene ring substituents is 1. The lowest BCUT2D eigenvalue weighted by molar-refractivity contribution is -0.384. The van der Waals surface area contributed by atoms with Crippen molar-refractivity contribution in [3.05, 3.63) is 75.6 Å². The van der Waals surface area contributed by atoms with Gasteiger partial charge in [0.15, 0.2) is 0 Å². The Morgan fingerprint density at radius 1 is 1.14 bits per heavy atom. The summed E-state index contributed by atoms with van der Waals surface area (Å²) in [6.07, 6.45) is -0.0420. The van der Waals surface area contributed by atoms with Crippen molar-refractivity contribution in [3.8, 4) is 0 Å². The number of nitrogens with one attached hydrogen (secondary N) is 1. The van der Waals surface area contributed by atoms with Gasteiger partial charge in [-0.05, 0) is 17.2 Å². The van der Waals surface area contributed by atoms with Gasteiger partial charge in [0.2, 0.25) is 5.91 Å². The van der Waals surface area contributed by atoms with Crippen LogP contribution in [0.15, 0.2) is 48.5 Å². The second-order valence-electron chi connectivity index (χ2n) is 4.47. The molecule has 0 bridgehead atoms. The number of hydrogen-bond acceptors (Lipinski definition) is 3. The van der Waals surface area contributed by atoms with Crippen LogP contribution in [0.1, 0.15) is 11.1 Å². The highest BCUT2D eigenvalue weighted by Crippen LogP contribution is 2.12. The Balaban J connectivity index is 1.89. The molecule has 0 aliphatic heterocycles. The van der Waals surface area contributed by atoms with Crippen LogP contribution in [0.25, 0.3) is 0 Å². The summed E-state index contributed by atoms with van der Waals surface area (Å²) >= 11 is 0. The van der Waals surface area contributed by atoms with Crippen molar-refractivity contribution >= 4 is 11.6 Å². The molecule has 0 atom stereocenters. The van der Waals surface area contributed by atoms with E-state index in [0.717, 1.165) is 5.56 Å². The van der Waals surface area contributed by atoms with Crippen LogP contribution in [-0.2, 0) is 17.8 Å². The first-order valence-corrected chi connectivity index (χ1v) is 6.29. The SMILES string of the molecule is O=C(Cc1ccccc1F)NCc1ccc([N+](=O)[O-])cc1. The topological polar surface area (TPSA) is 72.2 Å². The van der Waals surface area contributed by atoms with Crippen molar-refractivity contribution in [1.82, 2.24) is 5.32 Å². The molecular formula is C15H13FN2O3. The number of halogens is 1. The maximum Gasteiger partial charge on any atom is 0.269 e. The molecule has 0 spiro atoms. The number of hydrogen-bond donors (Lipinski definition) is 1. The van der Waals surface area contributed by atoms with Crippen molar-refractivity contribution in [1.29, 1.82) is 0 Å². The summed E-state index contributed by atoms with van der Waals surface area (Å²) in [4.78, 5) is 21.8. The summed E-state index contributed by atoms with van der Waals surface area (Å²) < 4.78 is 13.4. The Hall–Kier alpha value is -2.76. The average molecular weight is 288 g/mol. The van der Waals surface area contributed by atoms with Gasteiger partial charge in [-0.1, -0.05) is 30.3 Å². The van der Waals surface area contributed by atoms with Crippen LogP contribution in [-0.4, -0.2) is 10.8 Å². The highest BCUT2D eigenvalue weighted by Gasteiger charge is 2.08. The van der Waals surface area contributed by atoms with E-state index in [1.54, 1.807) is 30.3 Å². The van der Waals surface area contributed by atoms with Gasteiger partial charge in [0.25, 0.3) is 5.69 Å². The number of nitro groups is 1. The summed E-state index contributed by atoms with van der Waals surface area (Å²) in [5.74, 6) is -0.721. The molecule has 1 amide bonds. The third-order valence-corrected chi connectivity index (χ3v) is 2.95. The molecule has 0 aliphatic carbocycles. The van der Waals surface area contributed by atoms with E-state index in [-0.39, 0.29) is 24.6 Å². The molecule has 108 valence electrons. The number of benzene rings is 2. The molecule has 0 aliphatic rings. The molecule has 0 saturated carbocycles. The van der Waals surface area contributed by atoms with Crippen molar-refractivity contribution in [3.63, 3.8) is 0 Å². The molecule has 0 unspecified atom stereocenters. The zero-order valence-electron chi connectivity index (χ0n) is 11.1. The summed E-state index contributed by atoms with van der Waals surface area (Å²) in [7, 11) is 0. The summed E-state index contributed by atoms with van der Waals surface area (Å²) in [6, 6.07) is 12.0. The van der Waals surface area contributed by atoms with Gasteiger partial charge in [-0.15, -0.1) is 0 Å². The minimum Gasteiger partial charge on any atom is -0.352 e. The summed E-state index contributed by atoms with van der Waals surface area (Å²) in [5.41, 5.74) is 1.07. The van der Waals surface area contributed by atoms with Gasteiger partial charge in [0.1, 0.15) is 5.82 Å². The first-order chi connectivity index (χ1) is 10.1. The third kappa shape index (κ3) is 4.10. The van der Waals surface area contributed by atoms with Crippen molar-refractivity contribution < 1.29 is 14.1 Å². The number of non-ortho nitro benzene ring substituents is 1. The molecule has 0 fully saturated rings. The molecule has 6 heteroatoms. The standard InChI is InChI=1S/C15H13FN2O3/c16-14-4-2-1-3-12(14)9-15(19)17-10-11-5-7-13(8-6-11)18(20)21/h1-8H,9-10H2,(H,17,19). The predicted molar refractivity (Wildman–Crippen MR) is 75.0 cm³/mol. The van der Waals surface area contributed by atoms with Crippen molar-refractivity contribution in [2.24, 2.45) is 0 Å². The van der Waals surface area contributed by atoms with E-state index in [9.17, 15) is 19.3 Å². The van der Waals surface area contributed by atoms with Crippen LogP contribution in [0, 0.1) is 15.9 Å². The van der Waals surface area contributed by atoms with Gasteiger partial charge in [-0.2, -0.15) is 0 Å². The normalized spacial score (nSPS) is 10.1. The van der Waals surface area contributed by atoms with Crippen LogP contribution >= 0.6 is 0 Å². The molecule has 0 aromatic heterocycles. The van der Waals surface area contributed by atoms with E-state index in [2.05, 4.69) is 5.32 Å². The fourth-order valence-corrected chi connectivity index (χ4v) is 1.81. The maximum atomic E-state index is 13.4. The first-order valence-electron chi connectivity index (χ1n) is 6.29. The van der Waals surface area contributed by atoms with E-state index in [1.165, 1.54) is 18.2 Å². The lowest BCUT2D eigenvalue weighted by atomic mass is 10.1. The molecule has 1 N–H and O–H groups in total. The predicted octanol–water partition coefficient (Wildman–Crippen LogP) is 2.59. The van der Waals surface area contributed by atoms with Crippen LogP contribution in [0.5, 0.6) is 0 Å². The average Bonchev–Trinajstić information content (AvgIpc) is 2.48. The summed E-state index contributed by atoms with van der Waals surface area (Å²) in [5, 5.41) is 13.2. The van der Waals surface area contributed by atoms with E-state index >= 15 is 0 Å². The first kappa shape index (κ1) is 14.6. The minimum atomic E-state index is -0.486. The number of nitrogens with zero attached hydrogens (tertiary/aromatic N) is 1. The molecule has 0 heterocycles. The van der Waals surface area contributed by atoms with Gasteiger partial charge in [-0.25, -0.2) is 4.39 Å². The lowest BCUT2D eigenvalue weighted by Crippen LogP contribution is -2.24. The van der Waals surface area contributed by atoms with E-state index < -0.39 is 10.7 Å². The second-order valence-corrected chi connectivity index (χ2v) is 4.47. The fourth-order valence-electron chi connectivity index (χ4n) is 1.81. The zero-order valence-corrected chi connectivity index (χ0v) is 11.1. The molecule has 0 radical (unpaired) electrons. The van der Waals surface area contributed by atoms with Crippen molar-refractivity contribution in [2.75, 3.05) is 0 Å². The van der Waals surface area contributed by atoms with Gasteiger partial charge in [-0.3, -0.25) is 14.9 Å². The molecule has 5 nitrogen and oxygen atoms in total. The smallest absolute Gasteiger partial charge is 0.269 e. The maximum absolute atomic E-state index is 13.4. The van der Waals surface area contributed by atoms with Gasteiger partial charge >= 0.3 is 0 Å². The Morgan fingerprint density at radius 3 is 2.43 bits per heavy atom. The highest BCUT2D eigenvalue weighted by molar-refractivity contribution is 5.78. The Labute approximate surface area is 120 Å². The quantitative estimate of drug-likeness (QED) is 0.679. The molecule has 2 aromatic carbocycles. The Bertz CT molecular complexity index is 656. The molecule has 2 rings (SSSR count). The minimum absolute atomic E-state index is 0.00330. The molecular weight excluding hydrogens is 275 g/mol. The molecule has 0 saturated heterocycles. The zero-order chi connectivity index (χ0) is 15.2. The van der Waals surface area contributed by atoms with Crippen molar-refractivity contribution in [2.45, 2.75) is 13.0 Å². The number of amides is 1. The van der Waals surface area contributed by atoms with Crippen LogP contribution in [0.2, 0.25) is 0 Å². The number of carbonyl (C=O) groups is 1. The molecule has 21 heavy (non-hydrogen) atoms. The largest absolute Gasteiger partial charge is 0.352 e. The Kier molecular flexibility index (Phi) is 4.61. The monoisotopic (exact) mass is 288 g/mol. The fraction of sp³-hybridized carbons (Fsp3) is 0.133. The van der Waals surface area contributed by atoms with Crippen LogP contribution in [0.4, 0.5) is 10.1 Å². The van der Waals surface area contributed by atoms with Gasteiger partial charge < -0.3 is 5.32 Å². The number of carbonyl (C=O) groups excluding carboxylic acids is 1. The van der Waals surface area contributed by atoms with Gasteiger partial charge in [0, 0.05) is 18.7 Å². The van der Waals surface area contributed by atoms with E-state index in [1.807, 2.05) is 0 Å². The number of rotatable bonds is 5. The summed E-state index contributed by atoms with van der Waals surface area (Å²) in [6.45, 7) is 0.241. The van der Waals surface area contributed by atoms with E-state index in [0.29, 0.717) is 5.56 Å². The molecule has 2 aromatic rings.